The lowest BCUT2D eigenvalue weighted by Gasteiger charge is -2.22. The first kappa shape index (κ1) is 21.1. The first-order chi connectivity index (χ1) is 13.8. The second-order valence-corrected chi connectivity index (χ2v) is 9.22. The fourth-order valence-electron chi connectivity index (χ4n) is 3.22. The Morgan fingerprint density at radius 2 is 1.83 bits per heavy atom. The van der Waals surface area contributed by atoms with E-state index >= 15 is 0 Å². The Kier molecular flexibility index (Phi) is 6.38. The minimum atomic E-state index is -0.0150. The second-order valence-electron chi connectivity index (χ2n) is 8.38. The molecule has 3 rings (SSSR count). The van der Waals surface area contributed by atoms with Crippen LogP contribution >= 0.6 is 11.3 Å². The molecule has 152 valence electrons. The van der Waals surface area contributed by atoms with Crippen molar-refractivity contribution in [2.24, 2.45) is 4.99 Å². The van der Waals surface area contributed by atoms with Gasteiger partial charge in [0.15, 0.2) is 17.9 Å². The SMILES string of the molecule is Cc1ccc(-n2c(C(C)(C)C)csc2=NCC(O)=[NH+]Cc2ccccc2)c(C)c1. The van der Waals surface area contributed by atoms with Gasteiger partial charge < -0.3 is 5.11 Å². The largest absolute Gasteiger partial charge is 0.462 e. The molecule has 0 bridgehead atoms. The highest BCUT2D eigenvalue weighted by molar-refractivity contribution is 7.07. The Morgan fingerprint density at radius 3 is 2.48 bits per heavy atom. The Hall–Kier alpha value is -2.66. The maximum atomic E-state index is 10.3. The van der Waals surface area contributed by atoms with Crippen LogP contribution in [0.15, 0.2) is 58.9 Å². The molecule has 0 unspecified atom stereocenters. The predicted octanol–water partition coefficient (Wildman–Crippen LogP) is 3.59. The Labute approximate surface area is 176 Å². The number of hydrogen-bond acceptors (Lipinski definition) is 2. The van der Waals surface area contributed by atoms with Crippen molar-refractivity contribution < 1.29 is 10.1 Å². The van der Waals surface area contributed by atoms with Gasteiger partial charge in [0.1, 0.15) is 0 Å². The van der Waals surface area contributed by atoms with Gasteiger partial charge in [-0.15, -0.1) is 11.3 Å². The molecule has 1 heterocycles. The number of aliphatic hydroxyl groups is 1. The Morgan fingerprint density at radius 1 is 1.10 bits per heavy atom. The molecular formula is C24H30N3OS+. The molecule has 1 aromatic heterocycles. The maximum absolute atomic E-state index is 10.3. The van der Waals surface area contributed by atoms with Gasteiger partial charge in [0.25, 0.3) is 0 Å². The van der Waals surface area contributed by atoms with Crippen molar-refractivity contribution in [3.8, 4) is 5.69 Å². The van der Waals surface area contributed by atoms with Gasteiger partial charge in [-0.2, -0.15) is 0 Å². The van der Waals surface area contributed by atoms with E-state index in [-0.39, 0.29) is 17.9 Å². The van der Waals surface area contributed by atoms with Crippen molar-refractivity contribution in [2.75, 3.05) is 6.54 Å². The van der Waals surface area contributed by atoms with Gasteiger partial charge in [-0.05, 0) is 25.5 Å². The molecule has 0 aliphatic rings. The van der Waals surface area contributed by atoms with Crippen LogP contribution in [0, 0.1) is 13.8 Å². The highest BCUT2D eigenvalue weighted by Crippen LogP contribution is 2.27. The monoisotopic (exact) mass is 408 g/mol. The van der Waals surface area contributed by atoms with Crippen LogP contribution < -0.4 is 9.79 Å². The average molecular weight is 409 g/mol. The van der Waals surface area contributed by atoms with E-state index in [1.54, 1.807) is 11.3 Å². The maximum Gasteiger partial charge on any atom is 0.354 e. The molecule has 2 N–H and O–H groups in total. The first-order valence-corrected chi connectivity index (χ1v) is 10.8. The summed E-state index contributed by atoms with van der Waals surface area (Å²) < 4.78 is 2.23. The number of aryl methyl sites for hydroxylation is 2. The van der Waals surface area contributed by atoms with E-state index in [4.69, 9.17) is 4.99 Å². The van der Waals surface area contributed by atoms with Gasteiger partial charge >= 0.3 is 5.90 Å². The summed E-state index contributed by atoms with van der Waals surface area (Å²) >= 11 is 1.61. The van der Waals surface area contributed by atoms with Gasteiger partial charge in [-0.1, -0.05) is 68.8 Å². The van der Waals surface area contributed by atoms with Crippen molar-refractivity contribution in [2.45, 2.75) is 46.6 Å². The number of benzene rings is 2. The van der Waals surface area contributed by atoms with Crippen LogP contribution in [-0.4, -0.2) is 22.1 Å². The molecule has 0 aliphatic heterocycles. The van der Waals surface area contributed by atoms with E-state index in [2.05, 4.69) is 67.8 Å². The third-order valence-corrected chi connectivity index (χ3v) is 5.64. The van der Waals surface area contributed by atoms with E-state index in [0.717, 1.165) is 16.1 Å². The van der Waals surface area contributed by atoms with Crippen molar-refractivity contribution in [1.29, 1.82) is 0 Å². The average Bonchev–Trinajstić information content (AvgIpc) is 3.10. The molecule has 29 heavy (non-hydrogen) atoms. The van der Waals surface area contributed by atoms with E-state index in [1.807, 2.05) is 30.3 Å². The van der Waals surface area contributed by atoms with E-state index in [0.29, 0.717) is 6.54 Å². The van der Waals surface area contributed by atoms with Crippen molar-refractivity contribution >= 4 is 17.2 Å². The van der Waals surface area contributed by atoms with Crippen molar-refractivity contribution in [3.63, 3.8) is 0 Å². The molecule has 0 saturated heterocycles. The van der Waals surface area contributed by atoms with Crippen LogP contribution in [0.3, 0.4) is 0 Å². The lowest BCUT2D eigenvalue weighted by Crippen LogP contribution is -2.72. The Bertz CT molecular complexity index is 1070. The topological polar surface area (TPSA) is 51.5 Å². The molecule has 0 aliphatic carbocycles. The standard InChI is InChI=1S/C24H29N3OS/c1-17-11-12-20(18(2)13-17)27-21(24(3,4)5)16-29-23(27)26-15-22(28)25-14-19-9-7-6-8-10-19/h6-13,16H,14-15H2,1-5H3,(H,25,28)/p+1. The molecule has 0 amide bonds. The summed E-state index contributed by atoms with van der Waals surface area (Å²) in [6, 6.07) is 16.5. The van der Waals surface area contributed by atoms with E-state index in [1.165, 1.54) is 16.8 Å². The van der Waals surface area contributed by atoms with Crippen LogP contribution in [0.1, 0.15) is 43.2 Å². The second kappa shape index (κ2) is 8.78. The first-order valence-electron chi connectivity index (χ1n) is 9.87. The minimum absolute atomic E-state index is 0.0150. The van der Waals surface area contributed by atoms with Crippen LogP contribution in [0.2, 0.25) is 0 Å². The third-order valence-electron chi connectivity index (χ3n) is 4.77. The highest BCUT2D eigenvalue weighted by atomic mass is 32.1. The molecule has 0 saturated carbocycles. The number of rotatable bonds is 5. The fraction of sp³-hybridized carbons (Fsp3) is 0.333. The summed E-state index contributed by atoms with van der Waals surface area (Å²) in [7, 11) is 0. The van der Waals surface area contributed by atoms with Crippen LogP contribution in [0.5, 0.6) is 0 Å². The number of aliphatic hydroxyl groups excluding tert-OH is 1. The summed E-state index contributed by atoms with van der Waals surface area (Å²) in [5.74, 6) is 0.173. The summed E-state index contributed by atoms with van der Waals surface area (Å²) in [5, 5.41) is 12.5. The molecule has 2 aromatic carbocycles. The smallest absolute Gasteiger partial charge is 0.354 e. The summed E-state index contributed by atoms with van der Waals surface area (Å²) in [6.07, 6.45) is 0. The quantitative estimate of drug-likeness (QED) is 0.492. The van der Waals surface area contributed by atoms with E-state index in [9.17, 15) is 5.11 Å². The molecular weight excluding hydrogens is 378 g/mol. The van der Waals surface area contributed by atoms with Gasteiger partial charge in [-0.25, -0.2) is 9.98 Å². The van der Waals surface area contributed by atoms with Gasteiger partial charge in [0.2, 0.25) is 0 Å². The van der Waals surface area contributed by atoms with Crippen LogP contribution in [0.4, 0.5) is 0 Å². The van der Waals surface area contributed by atoms with Crippen molar-refractivity contribution in [1.82, 2.24) is 4.57 Å². The van der Waals surface area contributed by atoms with Gasteiger partial charge in [0, 0.05) is 22.1 Å². The number of nitrogens with zero attached hydrogens (tertiary/aromatic N) is 2. The molecule has 3 aromatic rings. The molecule has 4 nitrogen and oxygen atoms in total. The lowest BCUT2D eigenvalue weighted by molar-refractivity contribution is -0.484. The number of thiazole rings is 1. The third kappa shape index (κ3) is 5.24. The molecule has 0 spiro atoms. The summed E-state index contributed by atoms with van der Waals surface area (Å²) in [6.45, 7) is 11.7. The molecule has 0 fully saturated rings. The Balaban J connectivity index is 1.96. The van der Waals surface area contributed by atoms with Gasteiger partial charge in [0.05, 0.1) is 5.69 Å². The van der Waals surface area contributed by atoms with Gasteiger partial charge in [-0.3, -0.25) is 4.57 Å². The number of nitrogens with one attached hydrogen (secondary N) is 1. The number of hydrogen-bond donors (Lipinski definition) is 2. The summed E-state index contributed by atoms with van der Waals surface area (Å²) in [4.78, 5) is 8.67. The fourth-order valence-corrected chi connectivity index (χ4v) is 4.34. The minimum Gasteiger partial charge on any atom is -0.462 e. The van der Waals surface area contributed by atoms with Crippen molar-refractivity contribution in [3.05, 3.63) is 81.1 Å². The zero-order valence-corrected chi connectivity index (χ0v) is 18.7. The highest BCUT2D eigenvalue weighted by Gasteiger charge is 2.21. The predicted molar refractivity (Wildman–Crippen MR) is 121 cm³/mol. The normalized spacial score (nSPS) is 13.1. The van der Waals surface area contributed by atoms with Crippen LogP contribution in [0.25, 0.3) is 5.69 Å². The van der Waals surface area contributed by atoms with Crippen LogP contribution in [-0.2, 0) is 12.0 Å². The van der Waals surface area contributed by atoms with E-state index < -0.39 is 0 Å². The zero-order chi connectivity index (χ0) is 21.0. The summed E-state index contributed by atoms with van der Waals surface area (Å²) in [5.41, 5.74) is 5.91. The molecule has 5 heteroatoms. The lowest BCUT2D eigenvalue weighted by atomic mass is 9.92. The zero-order valence-electron chi connectivity index (χ0n) is 17.9. The molecule has 0 radical (unpaired) electrons. The number of aromatic nitrogens is 1. The molecule has 0 atom stereocenters.